The fourth-order valence-electron chi connectivity index (χ4n) is 2.04. The molecule has 1 fully saturated rings. The van der Waals surface area contributed by atoms with E-state index in [1.807, 2.05) is 0 Å². The zero-order valence-electron chi connectivity index (χ0n) is 11.4. The molecule has 1 unspecified atom stereocenters. The fourth-order valence-corrected chi connectivity index (χ4v) is 2.22. The minimum Gasteiger partial charge on any atom is -0.397 e. The molecule has 2 rings (SSSR count). The van der Waals surface area contributed by atoms with Crippen LogP contribution in [0.5, 0.6) is 0 Å². The van der Waals surface area contributed by atoms with Crippen LogP contribution >= 0.6 is 11.6 Å². The summed E-state index contributed by atoms with van der Waals surface area (Å²) < 4.78 is 11.0. The Morgan fingerprint density at radius 2 is 2.20 bits per heavy atom. The van der Waals surface area contributed by atoms with Gasteiger partial charge in [0.1, 0.15) is 6.10 Å². The molecule has 6 heteroatoms. The van der Waals surface area contributed by atoms with Gasteiger partial charge in [-0.2, -0.15) is 0 Å². The van der Waals surface area contributed by atoms with E-state index in [1.165, 1.54) is 0 Å². The maximum absolute atomic E-state index is 12.1. The molecule has 5 nitrogen and oxygen atoms in total. The molecule has 20 heavy (non-hydrogen) atoms. The summed E-state index contributed by atoms with van der Waals surface area (Å²) in [4.78, 5) is 12.1. The van der Waals surface area contributed by atoms with E-state index in [2.05, 4.69) is 5.32 Å². The molecule has 1 heterocycles. The predicted molar refractivity (Wildman–Crippen MR) is 78.9 cm³/mol. The van der Waals surface area contributed by atoms with Crippen LogP contribution in [-0.2, 0) is 14.3 Å². The molecule has 1 aliphatic heterocycles. The first kappa shape index (κ1) is 15.1. The zero-order valence-corrected chi connectivity index (χ0v) is 12.2. The van der Waals surface area contributed by atoms with E-state index >= 15 is 0 Å². The molecular weight excluding hydrogens is 280 g/mol. The Hall–Kier alpha value is -1.30. The maximum atomic E-state index is 12.1. The van der Waals surface area contributed by atoms with Crippen LogP contribution in [-0.4, -0.2) is 31.3 Å². The second-order valence-corrected chi connectivity index (χ2v) is 5.25. The molecule has 0 aromatic heterocycles. The number of anilines is 2. The van der Waals surface area contributed by atoms with E-state index in [9.17, 15) is 4.79 Å². The molecule has 1 aromatic carbocycles. The van der Waals surface area contributed by atoms with Gasteiger partial charge in [0.05, 0.1) is 17.5 Å². The molecule has 0 radical (unpaired) electrons. The van der Waals surface area contributed by atoms with Crippen molar-refractivity contribution in [3.05, 3.63) is 23.2 Å². The van der Waals surface area contributed by atoms with Crippen molar-refractivity contribution in [3.63, 3.8) is 0 Å². The molecule has 3 N–H and O–H groups in total. The van der Waals surface area contributed by atoms with E-state index in [0.717, 1.165) is 12.8 Å². The Balaban J connectivity index is 1.89. The van der Waals surface area contributed by atoms with Crippen molar-refractivity contribution in [1.82, 2.24) is 0 Å². The Labute approximate surface area is 123 Å². The Bertz CT molecular complexity index is 475. The third kappa shape index (κ3) is 4.10. The first-order valence-electron chi connectivity index (χ1n) is 6.65. The number of carbonyl (C=O) groups is 1. The Kier molecular flexibility index (Phi) is 5.23. The van der Waals surface area contributed by atoms with Crippen LogP contribution in [0.3, 0.4) is 0 Å². The number of halogens is 1. The number of hydrogen-bond acceptors (Lipinski definition) is 4. The minimum atomic E-state index is -0.534. The maximum Gasteiger partial charge on any atom is 0.253 e. The summed E-state index contributed by atoms with van der Waals surface area (Å²) in [6, 6.07) is 4.95. The van der Waals surface area contributed by atoms with Gasteiger partial charge in [0.25, 0.3) is 5.91 Å². The van der Waals surface area contributed by atoms with Crippen molar-refractivity contribution in [2.75, 3.05) is 24.3 Å². The van der Waals surface area contributed by atoms with Crippen LogP contribution in [0.1, 0.15) is 19.8 Å². The lowest BCUT2D eigenvalue weighted by molar-refractivity contribution is -0.133. The standard InChI is InChI=1S/C14H19ClN2O3/c1-9(20-11-4-6-19-7-5-11)14(18)17-13-3-2-10(15)8-12(13)16/h2-3,8-9,11H,4-7,16H2,1H3,(H,17,18). The molecule has 1 amide bonds. The van der Waals surface area contributed by atoms with E-state index in [0.29, 0.717) is 29.6 Å². The molecular formula is C14H19ClN2O3. The first-order chi connectivity index (χ1) is 9.56. The van der Waals surface area contributed by atoms with Gasteiger partial charge in [0.15, 0.2) is 0 Å². The highest BCUT2D eigenvalue weighted by Gasteiger charge is 2.21. The summed E-state index contributed by atoms with van der Waals surface area (Å²) in [5, 5.41) is 3.28. The van der Waals surface area contributed by atoms with Gasteiger partial charge >= 0.3 is 0 Å². The largest absolute Gasteiger partial charge is 0.397 e. The number of hydrogen-bond donors (Lipinski definition) is 2. The molecule has 110 valence electrons. The lowest BCUT2D eigenvalue weighted by Crippen LogP contribution is -2.34. The monoisotopic (exact) mass is 298 g/mol. The Morgan fingerprint density at radius 1 is 1.50 bits per heavy atom. The van der Waals surface area contributed by atoms with Crippen LogP contribution in [0.15, 0.2) is 18.2 Å². The van der Waals surface area contributed by atoms with E-state index < -0.39 is 6.10 Å². The number of nitrogens with one attached hydrogen (secondary N) is 1. The SMILES string of the molecule is CC(OC1CCOCC1)C(=O)Nc1ccc(Cl)cc1N. The molecule has 1 aliphatic rings. The smallest absolute Gasteiger partial charge is 0.253 e. The summed E-state index contributed by atoms with van der Waals surface area (Å²) in [6.07, 6.45) is 1.18. The summed E-state index contributed by atoms with van der Waals surface area (Å²) >= 11 is 5.82. The number of carbonyl (C=O) groups excluding carboxylic acids is 1. The normalized spacial score (nSPS) is 17.7. The van der Waals surface area contributed by atoms with Crippen molar-refractivity contribution in [3.8, 4) is 0 Å². The highest BCUT2D eigenvalue weighted by molar-refractivity contribution is 6.31. The molecule has 0 spiro atoms. The van der Waals surface area contributed by atoms with Crippen LogP contribution in [0.2, 0.25) is 5.02 Å². The second-order valence-electron chi connectivity index (χ2n) is 4.81. The molecule has 1 saturated heterocycles. The molecule has 0 aliphatic carbocycles. The van der Waals surface area contributed by atoms with E-state index in [4.69, 9.17) is 26.8 Å². The van der Waals surface area contributed by atoms with Crippen LogP contribution in [0, 0.1) is 0 Å². The fraction of sp³-hybridized carbons (Fsp3) is 0.500. The summed E-state index contributed by atoms with van der Waals surface area (Å²) in [7, 11) is 0. The highest BCUT2D eigenvalue weighted by Crippen LogP contribution is 2.23. The summed E-state index contributed by atoms with van der Waals surface area (Å²) in [6.45, 7) is 3.10. The molecule has 0 bridgehead atoms. The van der Waals surface area contributed by atoms with Crippen LogP contribution in [0.25, 0.3) is 0 Å². The molecule has 1 aromatic rings. The number of amides is 1. The number of benzene rings is 1. The number of ether oxygens (including phenoxy) is 2. The zero-order chi connectivity index (χ0) is 14.5. The Morgan fingerprint density at radius 3 is 2.85 bits per heavy atom. The summed E-state index contributed by atoms with van der Waals surface area (Å²) in [5.74, 6) is -0.217. The molecule has 1 atom stereocenters. The van der Waals surface area contributed by atoms with Crippen molar-refractivity contribution >= 4 is 28.9 Å². The highest BCUT2D eigenvalue weighted by atomic mass is 35.5. The summed E-state index contributed by atoms with van der Waals surface area (Å²) in [5.41, 5.74) is 6.78. The van der Waals surface area contributed by atoms with Gasteiger partial charge in [-0.3, -0.25) is 4.79 Å². The lowest BCUT2D eigenvalue weighted by atomic mass is 10.1. The minimum absolute atomic E-state index is 0.0760. The van der Waals surface area contributed by atoms with Gasteiger partial charge < -0.3 is 20.5 Å². The van der Waals surface area contributed by atoms with Gasteiger partial charge in [-0.05, 0) is 38.0 Å². The van der Waals surface area contributed by atoms with Gasteiger partial charge in [-0.1, -0.05) is 11.6 Å². The van der Waals surface area contributed by atoms with Crippen molar-refractivity contribution in [2.45, 2.75) is 32.0 Å². The quantitative estimate of drug-likeness (QED) is 0.837. The first-order valence-corrected chi connectivity index (χ1v) is 7.03. The molecule has 0 saturated carbocycles. The van der Waals surface area contributed by atoms with Gasteiger partial charge in [-0.15, -0.1) is 0 Å². The van der Waals surface area contributed by atoms with Crippen LogP contribution < -0.4 is 11.1 Å². The lowest BCUT2D eigenvalue weighted by Gasteiger charge is -2.25. The van der Waals surface area contributed by atoms with Crippen LogP contribution in [0.4, 0.5) is 11.4 Å². The van der Waals surface area contributed by atoms with Crippen molar-refractivity contribution in [2.24, 2.45) is 0 Å². The third-order valence-corrected chi connectivity index (χ3v) is 3.44. The van der Waals surface area contributed by atoms with Crippen molar-refractivity contribution < 1.29 is 14.3 Å². The third-order valence-electron chi connectivity index (χ3n) is 3.21. The van der Waals surface area contributed by atoms with Gasteiger partial charge in [0, 0.05) is 18.2 Å². The van der Waals surface area contributed by atoms with Crippen molar-refractivity contribution in [1.29, 1.82) is 0 Å². The average molecular weight is 299 g/mol. The predicted octanol–water partition coefficient (Wildman–Crippen LogP) is 2.44. The number of nitrogens with two attached hydrogens (primary N) is 1. The topological polar surface area (TPSA) is 73.6 Å². The average Bonchev–Trinajstić information content (AvgIpc) is 2.43. The van der Waals surface area contributed by atoms with E-state index in [1.54, 1.807) is 25.1 Å². The number of rotatable bonds is 4. The second kappa shape index (κ2) is 6.92. The van der Waals surface area contributed by atoms with Gasteiger partial charge in [0.2, 0.25) is 0 Å². The van der Waals surface area contributed by atoms with E-state index in [-0.39, 0.29) is 12.0 Å². The number of nitrogen functional groups attached to an aromatic ring is 1. The van der Waals surface area contributed by atoms with Gasteiger partial charge in [-0.25, -0.2) is 0 Å².